The summed E-state index contributed by atoms with van der Waals surface area (Å²) >= 11 is 20.4. The zero-order chi connectivity index (χ0) is 13.8. The molecule has 0 heterocycles. The molecule has 19 heavy (non-hydrogen) atoms. The fourth-order valence-corrected chi connectivity index (χ4v) is 2.19. The van der Waals surface area contributed by atoms with Crippen molar-refractivity contribution in [1.29, 1.82) is 0 Å². The van der Waals surface area contributed by atoms with Crippen molar-refractivity contribution in [2.45, 2.75) is 0 Å². The molecule has 0 aliphatic carbocycles. The number of benzene rings is 2. The summed E-state index contributed by atoms with van der Waals surface area (Å²) in [4.78, 5) is 0. The van der Waals surface area contributed by atoms with E-state index in [1.807, 2.05) is 24.3 Å². The maximum atomic E-state index is 6.01. The largest absolute Gasteiger partial charge is 0.332 e. The van der Waals surface area contributed by atoms with Gasteiger partial charge in [-0.2, -0.15) is 0 Å². The number of hydrogen-bond donors (Lipinski definition) is 2. The molecule has 6 heteroatoms. The van der Waals surface area contributed by atoms with E-state index in [1.165, 1.54) is 0 Å². The quantitative estimate of drug-likeness (QED) is 0.671. The van der Waals surface area contributed by atoms with E-state index >= 15 is 0 Å². The maximum Gasteiger partial charge on any atom is 0.175 e. The van der Waals surface area contributed by atoms with Gasteiger partial charge in [0.05, 0.1) is 5.02 Å². The minimum Gasteiger partial charge on any atom is -0.332 e. The lowest BCUT2D eigenvalue weighted by Gasteiger charge is -2.11. The zero-order valence-electron chi connectivity index (χ0n) is 9.58. The minimum atomic E-state index is 0.487. The van der Waals surface area contributed by atoms with E-state index in [-0.39, 0.29) is 0 Å². The highest BCUT2D eigenvalue weighted by molar-refractivity contribution is 9.10. The molecule has 0 saturated heterocycles. The third kappa shape index (κ3) is 4.35. The average molecular weight is 376 g/mol. The van der Waals surface area contributed by atoms with Crippen LogP contribution in [0.4, 0.5) is 11.4 Å². The molecule has 0 saturated carbocycles. The SMILES string of the molecule is S=C(Nc1ccc(Cl)cc1)Nc1ccc(Br)c(Cl)c1. The van der Waals surface area contributed by atoms with Crippen LogP contribution in [0.3, 0.4) is 0 Å². The van der Waals surface area contributed by atoms with Crippen LogP contribution in [0.25, 0.3) is 0 Å². The standard InChI is InChI=1S/C13H9BrCl2N2S/c14-11-6-5-10(7-12(11)16)18-13(19)17-9-3-1-8(15)2-4-9/h1-7H,(H2,17,18,19). The Balaban J connectivity index is 2.01. The first-order valence-electron chi connectivity index (χ1n) is 5.33. The van der Waals surface area contributed by atoms with Crippen molar-refractivity contribution in [3.05, 3.63) is 57.0 Å². The Kier molecular flexibility index (Phi) is 5.05. The molecular weight excluding hydrogens is 367 g/mol. The van der Waals surface area contributed by atoms with Crippen LogP contribution < -0.4 is 10.6 Å². The summed E-state index contributed by atoms with van der Waals surface area (Å²) in [6, 6.07) is 12.8. The van der Waals surface area contributed by atoms with E-state index in [4.69, 9.17) is 35.4 Å². The van der Waals surface area contributed by atoms with Gasteiger partial charge in [0.15, 0.2) is 5.11 Å². The Hall–Kier alpha value is -0.810. The first-order valence-corrected chi connectivity index (χ1v) is 7.29. The van der Waals surface area contributed by atoms with Gasteiger partial charge in [0.1, 0.15) is 0 Å². The Morgan fingerprint density at radius 3 is 2.16 bits per heavy atom. The highest BCUT2D eigenvalue weighted by Gasteiger charge is 2.02. The molecule has 0 aromatic heterocycles. The second-order valence-corrected chi connectivity index (χ2v) is 5.82. The number of anilines is 2. The van der Waals surface area contributed by atoms with E-state index in [1.54, 1.807) is 18.2 Å². The van der Waals surface area contributed by atoms with Gasteiger partial charge in [0, 0.05) is 20.9 Å². The molecule has 2 N–H and O–H groups in total. The van der Waals surface area contributed by atoms with Gasteiger partial charge in [0.2, 0.25) is 0 Å². The number of halogens is 3. The van der Waals surface area contributed by atoms with Crippen molar-refractivity contribution >= 4 is 67.8 Å². The van der Waals surface area contributed by atoms with Crippen LogP contribution in [-0.2, 0) is 0 Å². The van der Waals surface area contributed by atoms with Gasteiger partial charge in [0.25, 0.3) is 0 Å². The molecular formula is C13H9BrCl2N2S. The Morgan fingerprint density at radius 2 is 1.53 bits per heavy atom. The third-order valence-corrected chi connectivity index (χ3v) is 3.97. The van der Waals surface area contributed by atoms with Gasteiger partial charge in [-0.25, -0.2) is 0 Å². The molecule has 0 atom stereocenters. The van der Waals surface area contributed by atoms with Crippen LogP contribution in [0, 0.1) is 0 Å². The smallest absolute Gasteiger partial charge is 0.175 e. The normalized spacial score (nSPS) is 10.1. The fourth-order valence-electron chi connectivity index (χ4n) is 1.40. The second kappa shape index (κ2) is 6.57. The van der Waals surface area contributed by atoms with Gasteiger partial charge in [-0.3, -0.25) is 0 Å². The highest BCUT2D eigenvalue weighted by Crippen LogP contribution is 2.25. The summed E-state index contributed by atoms with van der Waals surface area (Å²) < 4.78 is 0.844. The lowest BCUT2D eigenvalue weighted by Crippen LogP contribution is -2.18. The fraction of sp³-hybridized carbons (Fsp3) is 0. The van der Waals surface area contributed by atoms with Crippen molar-refractivity contribution in [2.24, 2.45) is 0 Å². The molecule has 0 amide bonds. The lowest BCUT2D eigenvalue weighted by molar-refractivity contribution is 1.58. The Bertz CT molecular complexity index is 602. The summed E-state index contributed by atoms with van der Waals surface area (Å²) in [5.41, 5.74) is 1.68. The average Bonchev–Trinajstić information content (AvgIpc) is 2.37. The van der Waals surface area contributed by atoms with Crippen molar-refractivity contribution in [3.63, 3.8) is 0 Å². The molecule has 2 aromatic rings. The molecule has 2 aromatic carbocycles. The van der Waals surface area contributed by atoms with Crippen LogP contribution in [0.15, 0.2) is 46.9 Å². The molecule has 0 fully saturated rings. The van der Waals surface area contributed by atoms with Gasteiger partial charge in [-0.15, -0.1) is 0 Å². The topological polar surface area (TPSA) is 24.1 Å². The minimum absolute atomic E-state index is 0.487. The van der Waals surface area contributed by atoms with E-state index in [9.17, 15) is 0 Å². The predicted molar refractivity (Wildman–Crippen MR) is 90.4 cm³/mol. The maximum absolute atomic E-state index is 6.01. The van der Waals surface area contributed by atoms with E-state index in [0.29, 0.717) is 15.2 Å². The summed E-state index contributed by atoms with van der Waals surface area (Å²) in [7, 11) is 0. The van der Waals surface area contributed by atoms with Crippen LogP contribution in [0.5, 0.6) is 0 Å². The van der Waals surface area contributed by atoms with Gasteiger partial charge < -0.3 is 10.6 Å². The molecule has 2 nitrogen and oxygen atoms in total. The van der Waals surface area contributed by atoms with E-state index in [2.05, 4.69) is 26.6 Å². The lowest BCUT2D eigenvalue weighted by atomic mass is 10.3. The van der Waals surface area contributed by atoms with Crippen molar-refractivity contribution in [2.75, 3.05) is 10.6 Å². The van der Waals surface area contributed by atoms with E-state index < -0.39 is 0 Å². The molecule has 0 spiro atoms. The van der Waals surface area contributed by atoms with Gasteiger partial charge >= 0.3 is 0 Å². The predicted octanol–water partition coefficient (Wildman–Crippen LogP) is 5.56. The number of nitrogens with one attached hydrogen (secondary N) is 2. The molecule has 0 radical (unpaired) electrons. The Labute approximate surface area is 135 Å². The molecule has 0 bridgehead atoms. The first kappa shape index (κ1) is 14.6. The van der Waals surface area contributed by atoms with Crippen LogP contribution in [0.2, 0.25) is 10.0 Å². The van der Waals surface area contributed by atoms with E-state index in [0.717, 1.165) is 15.8 Å². The molecule has 98 valence electrons. The molecule has 0 aliphatic rings. The summed E-state index contributed by atoms with van der Waals surface area (Å²) in [5, 5.41) is 7.91. The van der Waals surface area contributed by atoms with Crippen molar-refractivity contribution in [1.82, 2.24) is 0 Å². The zero-order valence-corrected chi connectivity index (χ0v) is 13.5. The number of thiocarbonyl (C=S) groups is 1. The van der Waals surface area contributed by atoms with Gasteiger partial charge in [-0.05, 0) is 70.6 Å². The van der Waals surface area contributed by atoms with Crippen LogP contribution >= 0.6 is 51.3 Å². The Morgan fingerprint density at radius 1 is 0.947 bits per heavy atom. The first-order chi connectivity index (χ1) is 9.04. The summed E-state index contributed by atoms with van der Waals surface area (Å²) in [6.07, 6.45) is 0. The molecule has 0 unspecified atom stereocenters. The molecule has 2 rings (SSSR count). The van der Waals surface area contributed by atoms with Crippen molar-refractivity contribution < 1.29 is 0 Å². The van der Waals surface area contributed by atoms with Crippen LogP contribution in [0.1, 0.15) is 0 Å². The summed E-state index contributed by atoms with van der Waals surface area (Å²) in [6.45, 7) is 0. The van der Waals surface area contributed by atoms with Crippen LogP contribution in [-0.4, -0.2) is 5.11 Å². The molecule has 0 aliphatic heterocycles. The second-order valence-electron chi connectivity index (χ2n) is 3.71. The third-order valence-electron chi connectivity index (χ3n) is 2.28. The van der Waals surface area contributed by atoms with Gasteiger partial charge in [-0.1, -0.05) is 23.2 Å². The summed E-state index contributed by atoms with van der Waals surface area (Å²) in [5.74, 6) is 0. The number of rotatable bonds is 2. The number of hydrogen-bond acceptors (Lipinski definition) is 1. The monoisotopic (exact) mass is 374 g/mol. The highest BCUT2D eigenvalue weighted by atomic mass is 79.9. The van der Waals surface area contributed by atoms with Crippen molar-refractivity contribution in [3.8, 4) is 0 Å².